The summed E-state index contributed by atoms with van der Waals surface area (Å²) in [6.45, 7) is 6.12. The van der Waals surface area contributed by atoms with Crippen LogP contribution in [-0.2, 0) is 0 Å². The Balaban J connectivity index is 2.96. The number of rotatable bonds is 4. The lowest BCUT2D eigenvalue weighted by atomic mass is 10.4. The number of hydrogen-bond donors (Lipinski definition) is 0. The molecule has 0 N–H and O–H groups in total. The van der Waals surface area contributed by atoms with Crippen LogP contribution in [0.2, 0.25) is 5.28 Å². The van der Waals surface area contributed by atoms with Crippen molar-refractivity contribution in [3.8, 4) is 0 Å². The molecule has 1 aromatic rings. The molecular weight excluding hydrogens is 265 g/mol. The van der Waals surface area contributed by atoms with Gasteiger partial charge in [0.2, 0.25) is 5.28 Å². The first-order valence-corrected chi connectivity index (χ1v) is 5.79. The summed E-state index contributed by atoms with van der Waals surface area (Å²) >= 11 is 9.16. The maximum absolute atomic E-state index is 5.75. The normalized spacial score (nSPS) is 10.3. The molecule has 0 aliphatic rings. The molecule has 0 amide bonds. The van der Waals surface area contributed by atoms with Gasteiger partial charge in [-0.05, 0) is 40.9 Å². The van der Waals surface area contributed by atoms with E-state index in [1.54, 1.807) is 6.20 Å². The first-order chi connectivity index (χ1) is 6.69. The van der Waals surface area contributed by atoms with Crippen molar-refractivity contribution < 1.29 is 0 Å². The highest BCUT2D eigenvalue weighted by molar-refractivity contribution is 9.10. The van der Waals surface area contributed by atoms with Crippen molar-refractivity contribution in [3.63, 3.8) is 0 Å². The summed E-state index contributed by atoms with van der Waals surface area (Å²) in [6, 6.07) is 0. The van der Waals surface area contributed by atoms with E-state index in [9.17, 15) is 0 Å². The highest BCUT2D eigenvalue weighted by atomic mass is 79.9. The van der Waals surface area contributed by atoms with Crippen LogP contribution in [0.25, 0.3) is 0 Å². The number of halogens is 2. The molecule has 0 spiro atoms. The molecular formula is C9H13BrClN3. The summed E-state index contributed by atoms with van der Waals surface area (Å²) in [5, 5.41) is 0.290. The van der Waals surface area contributed by atoms with E-state index >= 15 is 0 Å². The maximum atomic E-state index is 5.75. The molecule has 1 aromatic heterocycles. The van der Waals surface area contributed by atoms with Gasteiger partial charge in [-0.2, -0.15) is 4.98 Å². The van der Waals surface area contributed by atoms with Crippen molar-refractivity contribution in [2.24, 2.45) is 0 Å². The highest BCUT2D eigenvalue weighted by Gasteiger charge is 2.10. The Bertz CT molecular complexity index is 306. The molecule has 78 valence electrons. The summed E-state index contributed by atoms with van der Waals surface area (Å²) in [5.41, 5.74) is 0. The van der Waals surface area contributed by atoms with Crippen LogP contribution in [0.1, 0.15) is 20.3 Å². The van der Waals surface area contributed by atoms with Crippen LogP contribution >= 0.6 is 27.5 Å². The quantitative estimate of drug-likeness (QED) is 0.792. The minimum absolute atomic E-state index is 0.290. The Morgan fingerprint density at radius 2 is 2.21 bits per heavy atom. The van der Waals surface area contributed by atoms with Crippen LogP contribution in [0, 0.1) is 0 Å². The van der Waals surface area contributed by atoms with Crippen LogP contribution in [0.15, 0.2) is 10.7 Å². The van der Waals surface area contributed by atoms with E-state index in [0.29, 0.717) is 0 Å². The molecule has 3 nitrogen and oxygen atoms in total. The van der Waals surface area contributed by atoms with Crippen LogP contribution in [0.5, 0.6) is 0 Å². The molecule has 0 bridgehead atoms. The molecule has 0 atom stereocenters. The van der Waals surface area contributed by atoms with Gasteiger partial charge in [0, 0.05) is 19.3 Å². The molecule has 0 aliphatic heterocycles. The lowest BCUT2D eigenvalue weighted by Gasteiger charge is -2.21. The molecule has 0 fully saturated rings. The van der Waals surface area contributed by atoms with E-state index < -0.39 is 0 Å². The zero-order chi connectivity index (χ0) is 10.6. The molecule has 14 heavy (non-hydrogen) atoms. The zero-order valence-electron chi connectivity index (χ0n) is 8.30. The topological polar surface area (TPSA) is 29.0 Å². The maximum Gasteiger partial charge on any atom is 0.224 e. The second-order valence-corrected chi connectivity index (χ2v) is 4.08. The number of nitrogens with zero attached hydrogens (tertiary/aromatic N) is 3. The molecule has 0 saturated heterocycles. The predicted octanol–water partition coefficient (Wildman–Crippen LogP) is 3.13. The molecule has 0 saturated carbocycles. The number of hydrogen-bond acceptors (Lipinski definition) is 3. The summed E-state index contributed by atoms with van der Waals surface area (Å²) < 4.78 is 0.886. The molecule has 1 rings (SSSR count). The van der Waals surface area contributed by atoms with E-state index in [-0.39, 0.29) is 5.28 Å². The van der Waals surface area contributed by atoms with E-state index in [1.165, 1.54) is 0 Å². The number of anilines is 1. The first-order valence-electron chi connectivity index (χ1n) is 4.62. The van der Waals surface area contributed by atoms with Gasteiger partial charge >= 0.3 is 0 Å². The van der Waals surface area contributed by atoms with E-state index in [0.717, 1.165) is 29.8 Å². The molecule has 0 aromatic carbocycles. The van der Waals surface area contributed by atoms with Crippen molar-refractivity contribution in [1.29, 1.82) is 0 Å². The van der Waals surface area contributed by atoms with Crippen LogP contribution in [0.4, 0.5) is 5.82 Å². The van der Waals surface area contributed by atoms with Gasteiger partial charge < -0.3 is 4.90 Å². The summed E-state index contributed by atoms with van der Waals surface area (Å²) in [7, 11) is 0. The fraction of sp³-hybridized carbons (Fsp3) is 0.556. The molecule has 1 heterocycles. The van der Waals surface area contributed by atoms with E-state index in [2.05, 4.69) is 44.6 Å². The Morgan fingerprint density at radius 1 is 1.50 bits per heavy atom. The van der Waals surface area contributed by atoms with Crippen molar-refractivity contribution in [2.45, 2.75) is 20.3 Å². The van der Waals surface area contributed by atoms with Gasteiger partial charge in [0.25, 0.3) is 0 Å². The molecule has 5 heteroatoms. The van der Waals surface area contributed by atoms with Gasteiger partial charge in [-0.15, -0.1) is 0 Å². The third-order valence-electron chi connectivity index (χ3n) is 1.87. The Morgan fingerprint density at radius 3 is 2.79 bits per heavy atom. The Hall–Kier alpha value is -0.350. The SMILES string of the molecule is CCCN(CC)c1nc(Cl)ncc1Br. The summed E-state index contributed by atoms with van der Waals surface area (Å²) in [4.78, 5) is 10.3. The zero-order valence-corrected chi connectivity index (χ0v) is 10.6. The first kappa shape index (κ1) is 11.7. The predicted molar refractivity (Wildman–Crippen MR) is 62.9 cm³/mol. The van der Waals surface area contributed by atoms with Gasteiger partial charge in [-0.3, -0.25) is 0 Å². The third-order valence-corrected chi connectivity index (χ3v) is 2.61. The second kappa shape index (κ2) is 5.51. The fourth-order valence-electron chi connectivity index (χ4n) is 1.24. The van der Waals surface area contributed by atoms with Crippen LogP contribution in [-0.4, -0.2) is 23.1 Å². The van der Waals surface area contributed by atoms with Crippen molar-refractivity contribution in [1.82, 2.24) is 9.97 Å². The van der Waals surface area contributed by atoms with Crippen molar-refractivity contribution >= 4 is 33.3 Å². The molecule has 0 unspecified atom stereocenters. The standard InChI is InChI=1S/C9H13BrClN3/c1-3-5-14(4-2)8-7(10)6-12-9(11)13-8/h6H,3-5H2,1-2H3. The Labute approximate surface area is 97.6 Å². The second-order valence-electron chi connectivity index (χ2n) is 2.89. The van der Waals surface area contributed by atoms with Crippen LogP contribution in [0.3, 0.4) is 0 Å². The smallest absolute Gasteiger partial charge is 0.224 e. The average molecular weight is 279 g/mol. The average Bonchev–Trinajstić information content (AvgIpc) is 2.18. The van der Waals surface area contributed by atoms with Crippen LogP contribution < -0.4 is 4.90 Å². The van der Waals surface area contributed by atoms with Gasteiger partial charge in [0.05, 0.1) is 4.47 Å². The van der Waals surface area contributed by atoms with Crippen molar-refractivity contribution in [3.05, 3.63) is 16.0 Å². The fourth-order valence-corrected chi connectivity index (χ4v) is 1.81. The molecule has 0 aliphatic carbocycles. The van der Waals surface area contributed by atoms with Gasteiger partial charge in [-0.1, -0.05) is 6.92 Å². The molecule has 0 radical (unpaired) electrons. The monoisotopic (exact) mass is 277 g/mol. The van der Waals surface area contributed by atoms with Crippen molar-refractivity contribution in [2.75, 3.05) is 18.0 Å². The summed E-state index contributed by atoms with van der Waals surface area (Å²) in [6.07, 6.45) is 2.77. The van der Waals surface area contributed by atoms with Gasteiger partial charge in [-0.25, -0.2) is 4.98 Å². The van der Waals surface area contributed by atoms with E-state index in [4.69, 9.17) is 11.6 Å². The highest BCUT2D eigenvalue weighted by Crippen LogP contribution is 2.24. The lowest BCUT2D eigenvalue weighted by Crippen LogP contribution is -2.25. The minimum atomic E-state index is 0.290. The van der Waals surface area contributed by atoms with Gasteiger partial charge in [0.15, 0.2) is 0 Å². The lowest BCUT2D eigenvalue weighted by molar-refractivity contribution is 0.774. The third kappa shape index (κ3) is 2.82. The largest absolute Gasteiger partial charge is 0.356 e. The Kier molecular flexibility index (Phi) is 4.62. The number of aromatic nitrogens is 2. The minimum Gasteiger partial charge on any atom is -0.356 e. The van der Waals surface area contributed by atoms with Gasteiger partial charge in [0.1, 0.15) is 5.82 Å². The van der Waals surface area contributed by atoms with E-state index in [1.807, 2.05) is 0 Å². The summed E-state index contributed by atoms with van der Waals surface area (Å²) in [5.74, 6) is 0.870.